The molecule has 1 aromatic carbocycles. The van der Waals surface area contributed by atoms with Gasteiger partial charge in [0.05, 0.1) is 12.2 Å². The van der Waals surface area contributed by atoms with Crippen molar-refractivity contribution in [3.8, 4) is 0 Å². The summed E-state index contributed by atoms with van der Waals surface area (Å²) in [7, 11) is 0. The molecule has 0 aromatic heterocycles. The second-order valence-electron chi connectivity index (χ2n) is 4.65. The van der Waals surface area contributed by atoms with E-state index in [4.69, 9.17) is 39.5 Å². The fraction of sp³-hybridized carbons (Fsp3) is 0.538. The van der Waals surface area contributed by atoms with Crippen LogP contribution in [0.2, 0.25) is 10.0 Å². The smallest absolute Gasteiger partial charge is 0.0841 e. The van der Waals surface area contributed by atoms with Gasteiger partial charge >= 0.3 is 0 Å². The summed E-state index contributed by atoms with van der Waals surface area (Å²) in [5.41, 5.74) is 1.09. The topological polar surface area (TPSA) is 12.5 Å². The Kier molecular flexibility index (Phi) is 5.16. The number of nitrogens with zero attached hydrogens (tertiary/aromatic N) is 1. The van der Waals surface area contributed by atoms with Gasteiger partial charge in [0.25, 0.3) is 0 Å². The van der Waals surface area contributed by atoms with Gasteiger partial charge in [-0.1, -0.05) is 29.3 Å². The molecule has 1 saturated heterocycles. The first-order chi connectivity index (χ1) is 8.58. The molecule has 1 fully saturated rings. The average Bonchev–Trinajstić information content (AvgIpc) is 2.32. The quantitative estimate of drug-likeness (QED) is 0.787. The molecule has 0 radical (unpaired) electrons. The molecule has 0 N–H and O–H groups in total. The zero-order valence-electron chi connectivity index (χ0n) is 10.2. The van der Waals surface area contributed by atoms with E-state index in [9.17, 15) is 0 Å². The van der Waals surface area contributed by atoms with E-state index in [1.165, 1.54) is 0 Å². The van der Waals surface area contributed by atoms with Gasteiger partial charge in [0.1, 0.15) is 0 Å². The predicted octanol–water partition coefficient (Wildman–Crippen LogP) is 3.82. The van der Waals surface area contributed by atoms with E-state index >= 15 is 0 Å². The number of halogens is 3. The van der Waals surface area contributed by atoms with Crippen molar-refractivity contribution in [2.75, 3.05) is 19.0 Å². The van der Waals surface area contributed by atoms with Crippen LogP contribution in [0.1, 0.15) is 12.5 Å². The number of rotatable bonds is 3. The van der Waals surface area contributed by atoms with Gasteiger partial charge < -0.3 is 4.74 Å². The van der Waals surface area contributed by atoms with E-state index in [1.807, 2.05) is 12.1 Å². The first kappa shape index (κ1) is 14.4. The third-order valence-corrected chi connectivity index (χ3v) is 3.91. The fourth-order valence-electron chi connectivity index (χ4n) is 2.25. The fourth-order valence-corrected chi connectivity index (χ4v) is 2.88. The van der Waals surface area contributed by atoms with Gasteiger partial charge in [-0.05, 0) is 24.6 Å². The van der Waals surface area contributed by atoms with Gasteiger partial charge in [0.15, 0.2) is 0 Å². The second-order valence-corrected chi connectivity index (χ2v) is 5.81. The summed E-state index contributed by atoms with van der Waals surface area (Å²) in [6.07, 6.45) is 0.301. The lowest BCUT2D eigenvalue weighted by Gasteiger charge is -2.36. The number of benzene rings is 1. The molecule has 0 spiro atoms. The zero-order valence-corrected chi connectivity index (χ0v) is 12.5. The summed E-state index contributed by atoms with van der Waals surface area (Å²) in [6, 6.07) is 5.62. The third-order valence-electron chi connectivity index (χ3n) is 2.98. The van der Waals surface area contributed by atoms with Crippen LogP contribution < -0.4 is 0 Å². The molecule has 0 amide bonds. The SMILES string of the molecule is CC1CN(Cc2ccc(Cl)cc2Cl)CC(CCl)O1. The van der Waals surface area contributed by atoms with Crippen molar-refractivity contribution in [3.63, 3.8) is 0 Å². The molecule has 0 aliphatic carbocycles. The summed E-state index contributed by atoms with van der Waals surface area (Å²) in [6.45, 7) is 4.60. The van der Waals surface area contributed by atoms with E-state index in [0.717, 1.165) is 25.2 Å². The summed E-state index contributed by atoms with van der Waals surface area (Å²) < 4.78 is 5.73. The Labute approximate surface area is 123 Å². The maximum Gasteiger partial charge on any atom is 0.0841 e. The van der Waals surface area contributed by atoms with Gasteiger partial charge in [-0.2, -0.15) is 0 Å². The first-order valence-corrected chi connectivity index (χ1v) is 7.25. The van der Waals surface area contributed by atoms with Gasteiger partial charge in [0.2, 0.25) is 0 Å². The predicted molar refractivity (Wildman–Crippen MR) is 76.8 cm³/mol. The van der Waals surface area contributed by atoms with Crippen LogP contribution >= 0.6 is 34.8 Å². The number of hydrogen-bond donors (Lipinski definition) is 0. The van der Waals surface area contributed by atoms with Gasteiger partial charge in [0, 0.05) is 35.6 Å². The van der Waals surface area contributed by atoms with Crippen molar-refractivity contribution in [3.05, 3.63) is 33.8 Å². The molecule has 2 atom stereocenters. The van der Waals surface area contributed by atoms with Gasteiger partial charge in [-0.25, -0.2) is 0 Å². The molecular formula is C13H16Cl3NO. The van der Waals surface area contributed by atoms with Gasteiger partial charge in [-0.15, -0.1) is 11.6 Å². The molecule has 1 aliphatic heterocycles. The normalized spacial score (nSPS) is 25.3. The van der Waals surface area contributed by atoms with Crippen LogP contribution in [0.4, 0.5) is 0 Å². The summed E-state index contributed by atoms with van der Waals surface area (Å²) in [5, 5.41) is 1.38. The maximum absolute atomic E-state index is 6.19. The Hall–Kier alpha value is 0.01000. The van der Waals surface area contributed by atoms with Crippen LogP contribution in [0.25, 0.3) is 0 Å². The molecule has 2 rings (SSSR count). The maximum atomic E-state index is 6.19. The molecule has 1 heterocycles. The Morgan fingerprint density at radius 2 is 2.11 bits per heavy atom. The van der Waals surface area contributed by atoms with Gasteiger partial charge in [-0.3, -0.25) is 4.90 Å². The molecular weight excluding hydrogens is 293 g/mol. The highest BCUT2D eigenvalue weighted by molar-refractivity contribution is 6.35. The van der Waals surface area contributed by atoms with E-state index < -0.39 is 0 Å². The minimum absolute atomic E-state index is 0.0986. The molecule has 2 unspecified atom stereocenters. The zero-order chi connectivity index (χ0) is 13.1. The molecule has 1 aromatic rings. The summed E-state index contributed by atoms with van der Waals surface area (Å²) in [4.78, 5) is 2.32. The second kappa shape index (κ2) is 6.44. The largest absolute Gasteiger partial charge is 0.371 e. The lowest BCUT2D eigenvalue weighted by molar-refractivity contribution is -0.0688. The van der Waals surface area contributed by atoms with E-state index in [2.05, 4.69) is 11.8 Å². The molecule has 5 heteroatoms. The van der Waals surface area contributed by atoms with Crippen molar-refractivity contribution in [2.45, 2.75) is 25.7 Å². The van der Waals surface area contributed by atoms with Crippen LogP contribution in [0, 0.1) is 0 Å². The lowest BCUT2D eigenvalue weighted by Crippen LogP contribution is -2.46. The number of morpholine rings is 1. The Morgan fingerprint density at radius 3 is 2.78 bits per heavy atom. The Bertz CT molecular complexity index is 413. The third kappa shape index (κ3) is 3.75. The highest BCUT2D eigenvalue weighted by atomic mass is 35.5. The number of alkyl halides is 1. The molecule has 18 heavy (non-hydrogen) atoms. The highest BCUT2D eigenvalue weighted by Gasteiger charge is 2.24. The lowest BCUT2D eigenvalue weighted by atomic mass is 10.1. The molecule has 2 nitrogen and oxygen atoms in total. The molecule has 100 valence electrons. The minimum Gasteiger partial charge on any atom is -0.371 e. The van der Waals surface area contributed by atoms with E-state index in [0.29, 0.717) is 15.9 Å². The average molecular weight is 309 g/mol. The van der Waals surface area contributed by atoms with Crippen molar-refractivity contribution < 1.29 is 4.74 Å². The van der Waals surface area contributed by atoms with Crippen molar-refractivity contribution in [1.82, 2.24) is 4.90 Å². The van der Waals surface area contributed by atoms with Crippen molar-refractivity contribution >= 4 is 34.8 Å². The van der Waals surface area contributed by atoms with Crippen LogP contribution in [0.5, 0.6) is 0 Å². The monoisotopic (exact) mass is 307 g/mol. The number of hydrogen-bond acceptors (Lipinski definition) is 2. The summed E-state index contributed by atoms with van der Waals surface area (Å²) in [5.74, 6) is 0.523. The van der Waals surface area contributed by atoms with Crippen molar-refractivity contribution in [2.24, 2.45) is 0 Å². The van der Waals surface area contributed by atoms with Crippen LogP contribution in [-0.4, -0.2) is 36.1 Å². The first-order valence-electron chi connectivity index (χ1n) is 5.96. The summed E-state index contributed by atoms with van der Waals surface area (Å²) >= 11 is 18.0. The standard InChI is InChI=1S/C13H16Cl3NO/c1-9-6-17(8-12(5-14)18-9)7-10-2-3-11(15)4-13(10)16/h2-4,9,12H,5-8H2,1H3. The van der Waals surface area contributed by atoms with E-state index in [1.54, 1.807) is 6.07 Å². The van der Waals surface area contributed by atoms with Crippen LogP contribution in [0.15, 0.2) is 18.2 Å². The Balaban J connectivity index is 2.04. The molecule has 1 aliphatic rings. The van der Waals surface area contributed by atoms with Crippen LogP contribution in [0.3, 0.4) is 0 Å². The molecule has 0 saturated carbocycles. The van der Waals surface area contributed by atoms with Crippen LogP contribution in [-0.2, 0) is 11.3 Å². The number of ether oxygens (including phenoxy) is 1. The molecule has 0 bridgehead atoms. The highest BCUT2D eigenvalue weighted by Crippen LogP contribution is 2.23. The van der Waals surface area contributed by atoms with Crippen molar-refractivity contribution in [1.29, 1.82) is 0 Å². The minimum atomic E-state index is 0.0986. The van der Waals surface area contributed by atoms with E-state index in [-0.39, 0.29) is 12.2 Å². The Morgan fingerprint density at radius 1 is 1.33 bits per heavy atom.